The molecule has 6 nitrogen and oxygen atoms in total. The molecule has 0 unspecified atom stereocenters. The van der Waals surface area contributed by atoms with Gasteiger partial charge in [-0.25, -0.2) is 8.42 Å². The number of sulfonamides is 1. The van der Waals surface area contributed by atoms with Crippen molar-refractivity contribution in [1.29, 1.82) is 0 Å². The Morgan fingerprint density at radius 2 is 1.50 bits per heavy atom. The topological polar surface area (TPSA) is 69.7 Å². The predicted octanol–water partition coefficient (Wildman–Crippen LogP) is 3.25. The Morgan fingerprint density at radius 1 is 0.900 bits per heavy atom. The minimum absolute atomic E-state index is 0.0761. The van der Waals surface area contributed by atoms with Gasteiger partial charge >= 0.3 is 0 Å². The van der Waals surface area contributed by atoms with Crippen LogP contribution in [0.5, 0.6) is 0 Å². The summed E-state index contributed by atoms with van der Waals surface area (Å²) >= 11 is 0. The number of carbonyl (C=O) groups is 1. The van der Waals surface area contributed by atoms with E-state index in [1.165, 1.54) is 4.31 Å². The van der Waals surface area contributed by atoms with Crippen LogP contribution in [0.1, 0.15) is 29.2 Å². The minimum atomic E-state index is -3.54. The fourth-order valence-corrected chi connectivity index (χ4v) is 5.54. The van der Waals surface area contributed by atoms with Crippen molar-refractivity contribution in [3.8, 4) is 0 Å². The van der Waals surface area contributed by atoms with Crippen molar-refractivity contribution < 1.29 is 13.2 Å². The number of benzene rings is 2. The predicted molar refractivity (Wildman–Crippen MR) is 120 cm³/mol. The van der Waals surface area contributed by atoms with Gasteiger partial charge in [0, 0.05) is 31.9 Å². The maximum Gasteiger partial charge on any atom is 0.243 e. The van der Waals surface area contributed by atoms with Gasteiger partial charge in [0.05, 0.1) is 10.9 Å². The zero-order valence-corrected chi connectivity index (χ0v) is 19.2. The lowest BCUT2D eigenvalue weighted by Gasteiger charge is -2.37. The van der Waals surface area contributed by atoms with Crippen molar-refractivity contribution in [3.63, 3.8) is 0 Å². The van der Waals surface area contributed by atoms with Crippen molar-refractivity contribution in [3.05, 3.63) is 58.7 Å². The highest BCUT2D eigenvalue weighted by molar-refractivity contribution is 7.89. The summed E-state index contributed by atoms with van der Waals surface area (Å²) in [6.07, 6.45) is 0. The molecule has 0 spiro atoms. The van der Waals surface area contributed by atoms with Gasteiger partial charge in [-0.1, -0.05) is 29.8 Å². The van der Waals surface area contributed by atoms with E-state index >= 15 is 0 Å². The molecule has 0 radical (unpaired) electrons. The molecule has 1 aliphatic rings. The molecule has 0 bridgehead atoms. The molecule has 162 valence electrons. The molecule has 1 saturated heterocycles. The van der Waals surface area contributed by atoms with E-state index in [0.717, 1.165) is 27.9 Å². The molecule has 1 atom stereocenters. The first-order valence-electron chi connectivity index (χ1n) is 10.3. The number of piperazine rings is 1. The number of nitrogens with one attached hydrogen (secondary N) is 1. The zero-order valence-electron chi connectivity index (χ0n) is 18.4. The van der Waals surface area contributed by atoms with Crippen molar-refractivity contribution in [2.75, 3.05) is 31.5 Å². The highest BCUT2D eigenvalue weighted by atomic mass is 32.2. The molecule has 1 fully saturated rings. The molecule has 2 aromatic carbocycles. The number of aryl methyl sites for hydroxylation is 4. The van der Waals surface area contributed by atoms with E-state index in [1.807, 2.05) is 69.9 Å². The summed E-state index contributed by atoms with van der Waals surface area (Å²) in [5.41, 5.74) is 4.67. The van der Waals surface area contributed by atoms with Crippen LogP contribution >= 0.6 is 0 Å². The second kappa shape index (κ2) is 8.88. The molecule has 1 aliphatic heterocycles. The summed E-state index contributed by atoms with van der Waals surface area (Å²) in [6.45, 7) is 11.4. The Labute approximate surface area is 179 Å². The van der Waals surface area contributed by atoms with E-state index in [1.54, 1.807) is 6.07 Å². The molecule has 2 aromatic rings. The Morgan fingerprint density at radius 3 is 2.13 bits per heavy atom. The van der Waals surface area contributed by atoms with Crippen LogP contribution in [0.3, 0.4) is 0 Å². The fraction of sp³-hybridized carbons (Fsp3) is 0.435. The molecule has 1 N–H and O–H groups in total. The third-order valence-corrected chi connectivity index (χ3v) is 7.84. The molecule has 1 amide bonds. The van der Waals surface area contributed by atoms with Gasteiger partial charge in [-0.05, 0) is 63.4 Å². The van der Waals surface area contributed by atoms with Gasteiger partial charge in [0.1, 0.15) is 0 Å². The van der Waals surface area contributed by atoms with Gasteiger partial charge in [0.15, 0.2) is 0 Å². The van der Waals surface area contributed by atoms with Gasteiger partial charge in [0.2, 0.25) is 15.9 Å². The highest BCUT2D eigenvalue weighted by Crippen LogP contribution is 2.23. The van der Waals surface area contributed by atoms with Gasteiger partial charge in [-0.15, -0.1) is 0 Å². The van der Waals surface area contributed by atoms with Crippen molar-refractivity contribution in [2.24, 2.45) is 0 Å². The number of carbonyl (C=O) groups excluding carboxylic acids is 1. The summed E-state index contributed by atoms with van der Waals surface area (Å²) in [5, 5.41) is 3.00. The average Bonchev–Trinajstić information content (AvgIpc) is 2.71. The van der Waals surface area contributed by atoms with Crippen LogP contribution in [-0.4, -0.2) is 55.8 Å². The number of anilines is 1. The third-order valence-electron chi connectivity index (χ3n) is 5.80. The van der Waals surface area contributed by atoms with Crippen LogP contribution in [0.25, 0.3) is 0 Å². The minimum Gasteiger partial charge on any atom is -0.324 e. The second-order valence-electron chi connectivity index (χ2n) is 8.19. The van der Waals surface area contributed by atoms with Crippen molar-refractivity contribution in [1.82, 2.24) is 9.21 Å². The second-order valence-corrected chi connectivity index (χ2v) is 10.1. The number of hydrogen-bond acceptors (Lipinski definition) is 4. The summed E-state index contributed by atoms with van der Waals surface area (Å²) < 4.78 is 27.7. The van der Waals surface area contributed by atoms with Crippen LogP contribution in [0, 0.1) is 27.7 Å². The first-order valence-corrected chi connectivity index (χ1v) is 11.7. The first-order chi connectivity index (χ1) is 14.1. The molecule has 7 heteroatoms. The lowest BCUT2D eigenvalue weighted by atomic mass is 10.1. The number of rotatable bonds is 5. The average molecular weight is 430 g/mol. The molecule has 1 heterocycles. The third kappa shape index (κ3) is 4.74. The van der Waals surface area contributed by atoms with Crippen molar-refractivity contribution >= 4 is 21.6 Å². The Hall–Kier alpha value is -2.22. The van der Waals surface area contributed by atoms with E-state index < -0.39 is 10.0 Å². The lowest BCUT2D eigenvalue weighted by molar-refractivity contribution is -0.121. The number of amides is 1. The monoisotopic (exact) mass is 429 g/mol. The van der Waals surface area contributed by atoms with E-state index in [0.29, 0.717) is 31.1 Å². The first kappa shape index (κ1) is 22.5. The van der Waals surface area contributed by atoms with Gasteiger partial charge in [-0.2, -0.15) is 4.31 Å². The molecular weight excluding hydrogens is 398 g/mol. The van der Waals surface area contributed by atoms with E-state index in [-0.39, 0.29) is 11.9 Å². The van der Waals surface area contributed by atoms with E-state index in [4.69, 9.17) is 0 Å². The molecule has 0 aromatic heterocycles. The normalized spacial score (nSPS) is 17.0. The fourth-order valence-electron chi connectivity index (χ4n) is 3.81. The maximum absolute atomic E-state index is 13.1. The van der Waals surface area contributed by atoms with Gasteiger partial charge in [-0.3, -0.25) is 9.69 Å². The maximum atomic E-state index is 13.1. The largest absolute Gasteiger partial charge is 0.324 e. The quantitative estimate of drug-likeness (QED) is 0.792. The summed E-state index contributed by atoms with van der Waals surface area (Å²) in [6, 6.07) is 11.1. The number of hydrogen-bond donors (Lipinski definition) is 1. The van der Waals surface area contributed by atoms with Crippen LogP contribution in [0.2, 0.25) is 0 Å². The molecule has 3 rings (SSSR count). The standard InChI is InChI=1S/C23H31N3O3S/c1-16-7-9-21(19(4)14-16)24-23(27)20(5)25-10-12-26(13-11-25)30(28,29)22-15-17(2)6-8-18(22)3/h6-9,14-15,20H,10-13H2,1-5H3,(H,24,27)/t20-/m1/s1. The molecule has 0 saturated carbocycles. The lowest BCUT2D eigenvalue weighted by Crippen LogP contribution is -2.54. The van der Waals surface area contributed by atoms with Gasteiger partial charge in [0.25, 0.3) is 0 Å². The molecule has 30 heavy (non-hydrogen) atoms. The number of nitrogens with zero attached hydrogens (tertiary/aromatic N) is 2. The Kier molecular flexibility index (Phi) is 6.65. The zero-order chi connectivity index (χ0) is 22.1. The molecule has 0 aliphatic carbocycles. The van der Waals surface area contributed by atoms with E-state index in [2.05, 4.69) is 5.32 Å². The Balaban J connectivity index is 1.64. The summed E-state index contributed by atoms with van der Waals surface area (Å²) in [7, 11) is -3.54. The van der Waals surface area contributed by atoms with E-state index in [9.17, 15) is 13.2 Å². The summed E-state index contributed by atoms with van der Waals surface area (Å²) in [4.78, 5) is 15.2. The SMILES string of the molecule is Cc1ccc(NC(=O)[C@@H](C)N2CCN(S(=O)(=O)c3cc(C)ccc3C)CC2)c(C)c1. The van der Waals surface area contributed by atoms with Crippen LogP contribution in [0.15, 0.2) is 41.3 Å². The smallest absolute Gasteiger partial charge is 0.243 e. The van der Waals surface area contributed by atoms with Gasteiger partial charge < -0.3 is 5.32 Å². The Bertz CT molecular complexity index is 1040. The summed E-state index contributed by atoms with van der Waals surface area (Å²) in [5.74, 6) is -0.0761. The van der Waals surface area contributed by atoms with Crippen LogP contribution in [0.4, 0.5) is 5.69 Å². The highest BCUT2D eigenvalue weighted by Gasteiger charge is 2.32. The molecular formula is C23H31N3O3S. The van der Waals surface area contributed by atoms with Crippen LogP contribution in [-0.2, 0) is 14.8 Å². The van der Waals surface area contributed by atoms with Crippen molar-refractivity contribution in [2.45, 2.75) is 45.6 Å². The van der Waals surface area contributed by atoms with Crippen LogP contribution < -0.4 is 5.32 Å².